The van der Waals surface area contributed by atoms with Crippen LogP contribution in [0.1, 0.15) is 42.7 Å². The Morgan fingerprint density at radius 3 is 2.60 bits per heavy atom. The summed E-state index contributed by atoms with van der Waals surface area (Å²) in [5.74, 6) is 0.689. The van der Waals surface area contributed by atoms with E-state index in [0.717, 1.165) is 25.1 Å². The van der Waals surface area contributed by atoms with E-state index in [9.17, 15) is 18.0 Å². The lowest BCUT2D eigenvalue weighted by Crippen LogP contribution is -2.45. The fraction of sp³-hybridized carbons (Fsp3) is 0.571. The molecule has 1 fully saturated rings. The molecule has 0 radical (unpaired) electrons. The van der Waals surface area contributed by atoms with E-state index < -0.39 is 17.8 Å². The Bertz CT molecular complexity index is 493. The van der Waals surface area contributed by atoms with Crippen molar-refractivity contribution in [1.29, 1.82) is 0 Å². The molecule has 110 valence electrons. The minimum absolute atomic E-state index is 0.000298. The number of carbonyl (C=O) groups is 1. The molecule has 1 aromatic rings. The fourth-order valence-electron chi connectivity index (χ4n) is 2.32. The molecule has 2 rings (SSSR count). The lowest BCUT2D eigenvalue weighted by molar-refractivity contribution is -0.141. The minimum Gasteiger partial charge on any atom is -0.349 e. The number of rotatable bonds is 3. The van der Waals surface area contributed by atoms with E-state index >= 15 is 0 Å². The minimum atomic E-state index is -4.53. The zero-order valence-electron chi connectivity index (χ0n) is 11.4. The van der Waals surface area contributed by atoms with Crippen molar-refractivity contribution in [3.05, 3.63) is 29.6 Å². The van der Waals surface area contributed by atoms with E-state index in [0.29, 0.717) is 11.8 Å². The molecule has 6 heteroatoms. The number of nitrogens with zero attached hydrogens (tertiary/aromatic N) is 1. The molecule has 1 aliphatic rings. The second-order valence-corrected chi connectivity index (χ2v) is 5.57. The van der Waals surface area contributed by atoms with E-state index in [1.807, 2.05) is 0 Å². The molecule has 1 amide bonds. The summed E-state index contributed by atoms with van der Waals surface area (Å²) in [4.78, 5) is 15.1. The molecule has 0 aromatic carbocycles. The van der Waals surface area contributed by atoms with Crippen LogP contribution in [-0.4, -0.2) is 16.9 Å². The lowest BCUT2D eigenvalue weighted by atomic mass is 9.73. The molecule has 1 aliphatic carbocycles. The zero-order chi connectivity index (χ0) is 14.9. The maximum Gasteiger partial charge on any atom is 0.433 e. The van der Waals surface area contributed by atoms with Crippen LogP contribution in [0.15, 0.2) is 18.3 Å². The van der Waals surface area contributed by atoms with Crippen molar-refractivity contribution < 1.29 is 18.0 Å². The molecule has 1 saturated carbocycles. The number of nitrogens with one attached hydrogen (secondary N) is 1. The molecule has 0 saturated heterocycles. The highest BCUT2D eigenvalue weighted by molar-refractivity contribution is 5.94. The van der Waals surface area contributed by atoms with Crippen molar-refractivity contribution in [2.24, 2.45) is 11.8 Å². The maximum atomic E-state index is 12.5. The number of carbonyl (C=O) groups excluding carboxylic acids is 1. The Kier molecular flexibility index (Phi) is 4.01. The zero-order valence-corrected chi connectivity index (χ0v) is 11.4. The van der Waals surface area contributed by atoms with Gasteiger partial charge in [-0.25, -0.2) is 0 Å². The Labute approximate surface area is 115 Å². The SMILES string of the molecule is CC(C)[C@H]1C[C@H](NC(=O)c2ccnc(C(F)(F)F)c2)C1. The molecule has 0 unspecified atom stereocenters. The van der Waals surface area contributed by atoms with Crippen LogP contribution in [0.3, 0.4) is 0 Å². The van der Waals surface area contributed by atoms with Crippen LogP contribution in [0.25, 0.3) is 0 Å². The van der Waals surface area contributed by atoms with Crippen molar-refractivity contribution in [3.63, 3.8) is 0 Å². The number of pyridine rings is 1. The predicted molar refractivity (Wildman–Crippen MR) is 68.1 cm³/mol. The average molecular weight is 286 g/mol. The fourth-order valence-corrected chi connectivity index (χ4v) is 2.32. The molecular formula is C14H17F3N2O. The summed E-state index contributed by atoms with van der Waals surface area (Å²) in [6.07, 6.45) is -1.74. The third kappa shape index (κ3) is 3.29. The number of hydrogen-bond acceptors (Lipinski definition) is 2. The summed E-state index contributed by atoms with van der Waals surface area (Å²) in [7, 11) is 0. The standard InChI is InChI=1S/C14H17F3N2O/c1-8(2)10-5-11(6-10)19-13(20)9-3-4-18-12(7-9)14(15,16)17/h3-4,7-8,10-11H,5-6H2,1-2H3,(H,19,20)/t10-,11-. The molecular weight excluding hydrogens is 269 g/mol. The third-order valence-electron chi connectivity index (χ3n) is 3.77. The first kappa shape index (κ1) is 14.8. The smallest absolute Gasteiger partial charge is 0.349 e. The third-order valence-corrected chi connectivity index (χ3v) is 3.77. The van der Waals surface area contributed by atoms with Gasteiger partial charge in [0.05, 0.1) is 0 Å². The Balaban J connectivity index is 1.97. The summed E-state index contributed by atoms with van der Waals surface area (Å²) >= 11 is 0. The van der Waals surface area contributed by atoms with Gasteiger partial charge in [-0.1, -0.05) is 13.8 Å². The second-order valence-electron chi connectivity index (χ2n) is 5.57. The number of amides is 1. The van der Waals surface area contributed by atoms with Crippen molar-refractivity contribution in [2.75, 3.05) is 0 Å². The highest BCUT2D eigenvalue weighted by atomic mass is 19.4. The van der Waals surface area contributed by atoms with E-state index in [-0.39, 0.29) is 11.6 Å². The molecule has 1 N–H and O–H groups in total. The predicted octanol–water partition coefficient (Wildman–Crippen LogP) is 3.26. The summed E-state index contributed by atoms with van der Waals surface area (Å²) in [6, 6.07) is 2.15. The van der Waals surface area contributed by atoms with Gasteiger partial charge in [0.15, 0.2) is 0 Å². The monoisotopic (exact) mass is 286 g/mol. The van der Waals surface area contributed by atoms with Gasteiger partial charge in [-0.05, 0) is 36.8 Å². The van der Waals surface area contributed by atoms with E-state index in [1.165, 1.54) is 6.07 Å². The van der Waals surface area contributed by atoms with Crippen LogP contribution in [-0.2, 0) is 6.18 Å². The van der Waals surface area contributed by atoms with E-state index in [1.54, 1.807) is 0 Å². The van der Waals surface area contributed by atoms with Gasteiger partial charge in [0.25, 0.3) is 5.91 Å². The van der Waals surface area contributed by atoms with Crippen LogP contribution < -0.4 is 5.32 Å². The number of halogens is 3. The lowest BCUT2D eigenvalue weighted by Gasteiger charge is -2.38. The van der Waals surface area contributed by atoms with Gasteiger partial charge >= 0.3 is 6.18 Å². The van der Waals surface area contributed by atoms with E-state index in [2.05, 4.69) is 24.1 Å². The quantitative estimate of drug-likeness (QED) is 0.926. The molecule has 0 spiro atoms. The number of alkyl halides is 3. The van der Waals surface area contributed by atoms with Gasteiger partial charge in [-0.3, -0.25) is 9.78 Å². The van der Waals surface area contributed by atoms with Crippen LogP contribution in [0.5, 0.6) is 0 Å². The highest BCUT2D eigenvalue weighted by Gasteiger charge is 2.34. The topological polar surface area (TPSA) is 42.0 Å². The number of aromatic nitrogens is 1. The molecule has 0 bridgehead atoms. The summed E-state index contributed by atoms with van der Waals surface area (Å²) < 4.78 is 37.6. The van der Waals surface area contributed by atoms with Crippen LogP contribution in [0, 0.1) is 11.8 Å². The summed E-state index contributed by atoms with van der Waals surface area (Å²) in [5, 5.41) is 2.76. The van der Waals surface area contributed by atoms with Crippen LogP contribution >= 0.6 is 0 Å². The Morgan fingerprint density at radius 1 is 1.40 bits per heavy atom. The normalized spacial score (nSPS) is 22.5. The van der Waals surface area contributed by atoms with Gasteiger partial charge in [-0.2, -0.15) is 13.2 Å². The van der Waals surface area contributed by atoms with Crippen molar-refractivity contribution in [3.8, 4) is 0 Å². The first-order chi connectivity index (χ1) is 9.27. The average Bonchev–Trinajstić information content (AvgIpc) is 2.31. The molecule has 1 heterocycles. The van der Waals surface area contributed by atoms with Crippen molar-refractivity contribution in [2.45, 2.75) is 38.9 Å². The van der Waals surface area contributed by atoms with Gasteiger partial charge < -0.3 is 5.32 Å². The van der Waals surface area contributed by atoms with Crippen molar-refractivity contribution in [1.82, 2.24) is 10.3 Å². The van der Waals surface area contributed by atoms with Crippen LogP contribution in [0.4, 0.5) is 13.2 Å². The second kappa shape index (κ2) is 5.42. The first-order valence-corrected chi connectivity index (χ1v) is 6.61. The maximum absolute atomic E-state index is 12.5. The molecule has 1 aromatic heterocycles. The van der Waals surface area contributed by atoms with Crippen molar-refractivity contribution >= 4 is 5.91 Å². The van der Waals surface area contributed by atoms with Crippen LogP contribution in [0.2, 0.25) is 0 Å². The van der Waals surface area contributed by atoms with E-state index in [4.69, 9.17) is 0 Å². The Morgan fingerprint density at radius 2 is 2.05 bits per heavy atom. The van der Waals surface area contributed by atoms with Gasteiger partial charge in [0.1, 0.15) is 5.69 Å². The Hall–Kier alpha value is -1.59. The molecule has 0 aliphatic heterocycles. The highest BCUT2D eigenvalue weighted by Crippen LogP contribution is 2.33. The summed E-state index contributed by atoms with van der Waals surface area (Å²) in [5.41, 5.74) is -1.04. The van der Waals surface area contributed by atoms with Gasteiger partial charge in [-0.15, -0.1) is 0 Å². The largest absolute Gasteiger partial charge is 0.433 e. The first-order valence-electron chi connectivity index (χ1n) is 6.61. The van der Waals surface area contributed by atoms with Gasteiger partial charge in [0, 0.05) is 17.8 Å². The summed E-state index contributed by atoms with van der Waals surface area (Å²) in [6.45, 7) is 4.25. The number of hydrogen-bond donors (Lipinski definition) is 1. The molecule has 3 nitrogen and oxygen atoms in total. The molecule has 0 atom stereocenters. The van der Waals surface area contributed by atoms with Gasteiger partial charge in [0.2, 0.25) is 0 Å². The molecule has 20 heavy (non-hydrogen) atoms.